The van der Waals surface area contributed by atoms with Gasteiger partial charge < -0.3 is 14.2 Å². The number of aryl methyl sites for hydroxylation is 2. The third kappa shape index (κ3) is 6.77. The van der Waals surface area contributed by atoms with Crippen molar-refractivity contribution < 1.29 is 19.0 Å². The van der Waals surface area contributed by atoms with E-state index in [2.05, 4.69) is 31.9 Å². The number of carbonyl (C=O) groups excluding carboxylic acids is 1. The number of aromatic nitrogens is 2. The van der Waals surface area contributed by atoms with Crippen molar-refractivity contribution in [2.45, 2.75) is 73.6 Å². The zero-order chi connectivity index (χ0) is 25.6. The van der Waals surface area contributed by atoms with Gasteiger partial charge in [-0.2, -0.15) is 10.4 Å². The molecule has 0 amide bonds. The van der Waals surface area contributed by atoms with E-state index >= 15 is 0 Å². The van der Waals surface area contributed by atoms with Crippen LogP contribution in [0.2, 0.25) is 5.02 Å². The summed E-state index contributed by atoms with van der Waals surface area (Å²) in [5, 5.41) is 15.0. The van der Waals surface area contributed by atoms with Crippen molar-refractivity contribution in [2.24, 2.45) is 5.92 Å². The van der Waals surface area contributed by atoms with Crippen molar-refractivity contribution in [1.29, 1.82) is 5.26 Å². The molecule has 0 aliphatic heterocycles. The van der Waals surface area contributed by atoms with E-state index in [9.17, 15) is 10.1 Å². The van der Waals surface area contributed by atoms with Crippen molar-refractivity contribution >= 4 is 29.1 Å². The van der Waals surface area contributed by atoms with Gasteiger partial charge in [0.05, 0.1) is 17.3 Å². The average molecular weight is 488 g/mol. The Morgan fingerprint density at radius 2 is 1.79 bits per heavy atom. The molecule has 2 aromatic rings. The van der Waals surface area contributed by atoms with Crippen LogP contribution in [0.3, 0.4) is 0 Å². The molecule has 0 bridgehead atoms. The van der Waals surface area contributed by atoms with Crippen LogP contribution in [0.5, 0.6) is 0 Å². The highest BCUT2D eigenvalue weighted by Crippen LogP contribution is 2.35. The normalized spacial score (nSPS) is 13.2. The third-order valence-electron chi connectivity index (χ3n) is 5.03. The molecule has 0 saturated heterocycles. The minimum atomic E-state index is -1.04. The molecule has 1 unspecified atom stereocenters. The zero-order valence-corrected chi connectivity index (χ0v) is 22.0. The summed E-state index contributed by atoms with van der Waals surface area (Å²) in [7, 11) is 0. The highest BCUT2D eigenvalue weighted by Gasteiger charge is 2.26. The standard InChI is InChI=1S/C26H34ClN3O4/c1-9-30-23(22(27)17(4)29-30)24(33-18(5)34-25(31)32-15-16(2)3)21(14-28)19-10-12-20(13-11-19)26(6,7)8/h10-13,16,18H,9,15H2,1-8H3/b24-21-. The van der Waals surface area contributed by atoms with Gasteiger partial charge in [-0.15, -0.1) is 0 Å². The first-order valence-corrected chi connectivity index (χ1v) is 11.7. The summed E-state index contributed by atoms with van der Waals surface area (Å²) in [5.41, 5.74) is 3.05. The van der Waals surface area contributed by atoms with Crippen molar-refractivity contribution in [3.8, 4) is 6.07 Å². The van der Waals surface area contributed by atoms with Gasteiger partial charge in [0.15, 0.2) is 5.76 Å². The van der Waals surface area contributed by atoms with Crippen LogP contribution in [0.4, 0.5) is 4.79 Å². The van der Waals surface area contributed by atoms with Crippen LogP contribution in [-0.2, 0) is 26.2 Å². The van der Waals surface area contributed by atoms with E-state index in [4.69, 9.17) is 25.8 Å². The first-order chi connectivity index (χ1) is 15.9. The molecule has 0 aliphatic rings. The number of halogens is 1. The third-order valence-corrected chi connectivity index (χ3v) is 5.48. The fourth-order valence-electron chi connectivity index (χ4n) is 3.22. The Hall–Kier alpha value is -2.98. The van der Waals surface area contributed by atoms with Crippen LogP contribution >= 0.6 is 11.6 Å². The smallest absolute Gasteiger partial charge is 0.451 e. The first-order valence-electron chi connectivity index (χ1n) is 11.4. The van der Waals surface area contributed by atoms with E-state index in [-0.39, 0.29) is 29.3 Å². The molecule has 0 fully saturated rings. The fraction of sp³-hybridized carbons (Fsp3) is 0.500. The second kappa shape index (κ2) is 11.4. The monoisotopic (exact) mass is 487 g/mol. The molecule has 1 aromatic heterocycles. The van der Waals surface area contributed by atoms with E-state index in [0.29, 0.717) is 28.5 Å². The van der Waals surface area contributed by atoms with Gasteiger partial charge >= 0.3 is 6.16 Å². The Bertz CT molecular complexity index is 1070. The summed E-state index contributed by atoms with van der Waals surface area (Å²) in [6.45, 7) is 16.2. The highest BCUT2D eigenvalue weighted by molar-refractivity contribution is 6.33. The molecule has 7 nitrogen and oxygen atoms in total. The predicted octanol–water partition coefficient (Wildman–Crippen LogP) is 6.73. The lowest BCUT2D eigenvalue weighted by molar-refractivity contribution is -0.0690. The first kappa shape index (κ1) is 27.3. The summed E-state index contributed by atoms with van der Waals surface area (Å²) >= 11 is 6.60. The largest absolute Gasteiger partial charge is 0.511 e. The average Bonchev–Trinajstić information content (AvgIpc) is 3.05. The zero-order valence-electron chi connectivity index (χ0n) is 21.2. The maximum absolute atomic E-state index is 12.1. The Kier molecular flexibility index (Phi) is 9.17. The predicted molar refractivity (Wildman–Crippen MR) is 133 cm³/mol. The summed E-state index contributed by atoms with van der Waals surface area (Å²) < 4.78 is 18.1. The molecule has 2 rings (SSSR count). The number of nitrogens with zero attached hydrogens (tertiary/aromatic N) is 3. The van der Waals surface area contributed by atoms with E-state index in [1.54, 1.807) is 18.5 Å². The fourth-order valence-corrected chi connectivity index (χ4v) is 3.44. The Balaban J connectivity index is 2.55. The number of ether oxygens (including phenoxy) is 3. The van der Waals surface area contributed by atoms with E-state index in [1.807, 2.05) is 45.0 Å². The number of carbonyl (C=O) groups is 1. The number of rotatable bonds is 8. The number of nitriles is 1. The maximum Gasteiger partial charge on any atom is 0.511 e. The lowest BCUT2D eigenvalue weighted by Gasteiger charge is -2.21. The van der Waals surface area contributed by atoms with Crippen LogP contribution in [0.15, 0.2) is 24.3 Å². The van der Waals surface area contributed by atoms with Crippen LogP contribution in [0, 0.1) is 24.2 Å². The van der Waals surface area contributed by atoms with Crippen molar-refractivity contribution in [3.05, 3.63) is 51.8 Å². The van der Waals surface area contributed by atoms with Gasteiger partial charge in [-0.25, -0.2) is 4.79 Å². The van der Waals surface area contributed by atoms with Crippen molar-refractivity contribution in [3.63, 3.8) is 0 Å². The Labute approximate surface area is 207 Å². The minimum Gasteiger partial charge on any atom is -0.451 e. The Morgan fingerprint density at radius 1 is 1.18 bits per heavy atom. The molecule has 1 aromatic carbocycles. The van der Waals surface area contributed by atoms with Crippen LogP contribution in [-0.4, -0.2) is 28.8 Å². The van der Waals surface area contributed by atoms with Gasteiger partial charge in [0.1, 0.15) is 17.3 Å². The molecule has 0 spiro atoms. The van der Waals surface area contributed by atoms with Crippen molar-refractivity contribution in [1.82, 2.24) is 9.78 Å². The van der Waals surface area contributed by atoms with Gasteiger partial charge in [0.2, 0.25) is 6.29 Å². The van der Waals surface area contributed by atoms with E-state index < -0.39 is 12.4 Å². The molecule has 0 saturated carbocycles. The summed E-state index contributed by atoms with van der Waals surface area (Å²) in [6.07, 6.45) is -1.89. The second-order valence-electron chi connectivity index (χ2n) is 9.47. The quantitative estimate of drug-likeness (QED) is 0.177. The molecule has 184 valence electrons. The molecule has 0 radical (unpaired) electrons. The summed E-state index contributed by atoms with van der Waals surface area (Å²) in [6, 6.07) is 9.96. The lowest BCUT2D eigenvalue weighted by atomic mass is 9.86. The van der Waals surface area contributed by atoms with Gasteiger partial charge in [-0.3, -0.25) is 4.68 Å². The Morgan fingerprint density at radius 3 is 2.29 bits per heavy atom. The molecule has 1 atom stereocenters. The highest BCUT2D eigenvalue weighted by atomic mass is 35.5. The minimum absolute atomic E-state index is 0.0334. The molecule has 34 heavy (non-hydrogen) atoms. The molecular formula is C26H34ClN3O4. The van der Waals surface area contributed by atoms with E-state index in [1.165, 1.54) is 0 Å². The molecule has 0 N–H and O–H groups in total. The number of hydrogen-bond donors (Lipinski definition) is 0. The van der Waals surface area contributed by atoms with Gasteiger partial charge in [0.25, 0.3) is 0 Å². The molecule has 1 heterocycles. The summed E-state index contributed by atoms with van der Waals surface area (Å²) in [5.74, 6) is 0.351. The number of benzene rings is 1. The van der Waals surface area contributed by atoms with E-state index in [0.717, 1.165) is 5.56 Å². The summed E-state index contributed by atoms with van der Waals surface area (Å²) in [4.78, 5) is 12.1. The molecule has 8 heteroatoms. The maximum atomic E-state index is 12.1. The van der Waals surface area contributed by atoms with Crippen LogP contribution < -0.4 is 0 Å². The topological polar surface area (TPSA) is 86.4 Å². The van der Waals surface area contributed by atoms with Crippen LogP contribution in [0.25, 0.3) is 11.3 Å². The lowest BCUT2D eigenvalue weighted by Crippen LogP contribution is -2.21. The second-order valence-corrected chi connectivity index (χ2v) is 9.84. The number of allylic oxidation sites excluding steroid dienone is 1. The van der Waals surface area contributed by atoms with Crippen LogP contribution in [0.1, 0.15) is 71.0 Å². The van der Waals surface area contributed by atoms with Gasteiger partial charge in [0, 0.05) is 13.5 Å². The van der Waals surface area contributed by atoms with Gasteiger partial charge in [-0.05, 0) is 36.3 Å². The van der Waals surface area contributed by atoms with Gasteiger partial charge in [-0.1, -0.05) is 70.5 Å². The number of hydrogen-bond acceptors (Lipinski definition) is 6. The van der Waals surface area contributed by atoms with Crippen molar-refractivity contribution in [2.75, 3.05) is 6.61 Å². The molecule has 0 aliphatic carbocycles. The molecular weight excluding hydrogens is 454 g/mol. The SMILES string of the molecule is CCn1nc(C)c(Cl)c1/C(OC(C)OC(=O)OCC(C)C)=C(\C#N)c1ccc(C(C)(C)C)cc1.